The van der Waals surface area contributed by atoms with Gasteiger partial charge < -0.3 is 4.90 Å². The van der Waals surface area contributed by atoms with Gasteiger partial charge in [-0.1, -0.05) is 47.0 Å². The molecule has 0 atom stereocenters. The maximum Gasteiger partial charge on any atom is 0.275 e. The fourth-order valence-electron chi connectivity index (χ4n) is 3.26. The number of alkyl halides is 1. The van der Waals surface area contributed by atoms with Crippen LogP contribution in [0.4, 0.5) is 0 Å². The zero-order valence-corrected chi connectivity index (χ0v) is 13.8. The van der Waals surface area contributed by atoms with E-state index in [1.54, 1.807) is 4.68 Å². The Morgan fingerprint density at radius 2 is 2.10 bits per heavy atom. The summed E-state index contributed by atoms with van der Waals surface area (Å²) >= 11 is 3.47. The van der Waals surface area contributed by atoms with E-state index in [0.717, 1.165) is 35.6 Å². The van der Waals surface area contributed by atoms with Crippen molar-refractivity contribution in [1.82, 2.24) is 14.7 Å². The molecular formula is C16H20BrN3O. The van der Waals surface area contributed by atoms with Crippen molar-refractivity contribution in [1.29, 1.82) is 0 Å². The smallest absolute Gasteiger partial charge is 0.275 e. The van der Waals surface area contributed by atoms with E-state index in [9.17, 15) is 4.79 Å². The summed E-state index contributed by atoms with van der Waals surface area (Å²) in [6.07, 6.45) is 4.67. The minimum Gasteiger partial charge on any atom is -0.333 e. The van der Waals surface area contributed by atoms with Crippen LogP contribution in [0.1, 0.15) is 36.2 Å². The number of aromatic nitrogens is 2. The topological polar surface area (TPSA) is 38.1 Å². The number of aryl methyl sites for hydroxylation is 1. The molecule has 1 amide bonds. The average Bonchev–Trinajstić information content (AvgIpc) is 3.13. The van der Waals surface area contributed by atoms with Gasteiger partial charge in [0.2, 0.25) is 0 Å². The Labute approximate surface area is 133 Å². The van der Waals surface area contributed by atoms with Crippen LogP contribution in [-0.4, -0.2) is 38.5 Å². The molecule has 4 nitrogen and oxygen atoms in total. The Balaban J connectivity index is 1.97. The van der Waals surface area contributed by atoms with Crippen LogP contribution in [0.3, 0.4) is 0 Å². The Bertz CT molecular complexity index is 646. The number of halogens is 1. The maximum absolute atomic E-state index is 13.0. The molecule has 1 aliphatic rings. The average molecular weight is 350 g/mol. The molecule has 5 heteroatoms. The summed E-state index contributed by atoms with van der Waals surface area (Å²) < 4.78 is 1.80. The molecule has 0 aliphatic heterocycles. The summed E-state index contributed by atoms with van der Waals surface area (Å²) in [7, 11) is 1.89. The van der Waals surface area contributed by atoms with Crippen LogP contribution in [0.2, 0.25) is 0 Å². The van der Waals surface area contributed by atoms with Crippen LogP contribution in [0, 0.1) is 0 Å². The minimum atomic E-state index is 0.0677. The van der Waals surface area contributed by atoms with E-state index in [1.807, 2.05) is 36.2 Å². The minimum absolute atomic E-state index is 0.0677. The summed E-state index contributed by atoms with van der Waals surface area (Å²) in [5.74, 6) is 0.0677. The fourth-order valence-corrected chi connectivity index (χ4v) is 3.65. The van der Waals surface area contributed by atoms with Crippen molar-refractivity contribution < 1.29 is 4.79 Å². The normalized spacial score (nSPS) is 15.7. The first-order chi connectivity index (χ1) is 10.2. The summed E-state index contributed by atoms with van der Waals surface area (Å²) in [6, 6.07) is 8.30. The number of hydrogen-bond donors (Lipinski definition) is 0. The van der Waals surface area contributed by atoms with E-state index in [4.69, 9.17) is 0 Å². The van der Waals surface area contributed by atoms with Crippen LogP contribution in [0.5, 0.6) is 0 Å². The molecule has 0 saturated heterocycles. The molecule has 1 aromatic carbocycles. The van der Waals surface area contributed by atoms with Gasteiger partial charge >= 0.3 is 0 Å². The van der Waals surface area contributed by atoms with Gasteiger partial charge in [-0.2, -0.15) is 5.10 Å². The number of carbonyl (C=O) groups is 1. The molecule has 21 heavy (non-hydrogen) atoms. The lowest BCUT2D eigenvalue weighted by atomic mass is 10.1. The fraction of sp³-hybridized carbons (Fsp3) is 0.500. The Morgan fingerprint density at radius 3 is 2.81 bits per heavy atom. The predicted octanol–water partition coefficient (Wildman–Crippen LogP) is 3.35. The van der Waals surface area contributed by atoms with Crippen molar-refractivity contribution in [2.24, 2.45) is 7.05 Å². The summed E-state index contributed by atoms with van der Waals surface area (Å²) in [4.78, 5) is 15.0. The number of rotatable bonds is 4. The first-order valence-corrected chi connectivity index (χ1v) is 8.63. The number of carbonyl (C=O) groups excluding carboxylic acids is 1. The largest absolute Gasteiger partial charge is 0.333 e. The highest BCUT2D eigenvalue weighted by molar-refractivity contribution is 9.09. The summed E-state index contributed by atoms with van der Waals surface area (Å²) in [5.41, 5.74) is 1.59. The molecule has 3 rings (SSSR count). The van der Waals surface area contributed by atoms with Gasteiger partial charge in [0, 0.05) is 30.4 Å². The number of amides is 1. The van der Waals surface area contributed by atoms with Crippen LogP contribution >= 0.6 is 15.9 Å². The van der Waals surface area contributed by atoms with E-state index in [2.05, 4.69) is 21.0 Å². The van der Waals surface area contributed by atoms with Crippen molar-refractivity contribution in [3.05, 3.63) is 30.0 Å². The number of para-hydroxylation sites is 1. The molecule has 0 unspecified atom stereocenters. The molecule has 1 saturated carbocycles. The molecule has 0 N–H and O–H groups in total. The molecule has 0 radical (unpaired) electrons. The van der Waals surface area contributed by atoms with E-state index < -0.39 is 0 Å². The van der Waals surface area contributed by atoms with Gasteiger partial charge in [0.05, 0.1) is 5.52 Å². The standard InChI is InChI=1S/C16H20BrN3O/c1-19-14-9-5-4-8-13(14)15(18-19)16(21)20(11-10-17)12-6-2-3-7-12/h4-5,8-9,12H,2-3,6-7,10-11H2,1H3. The zero-order valence-electron chi connectivity index (χ0n) is 12.3. The second-order valence-electron chi connectivity index (χ2n) is 5.62. The molecule has 0 bridgehead atoms. The first-order valence-electron chi connectivity index (χ1n) is 7.51. The first kappa shape index (κ1) is 14.6. The second-order valence-corrected chi connectivity index (χ2v) is 6.41. The van der Waals surface area contributed by atoms with Gasteiger partial charge in [0.15, 0.2) is 5.69 Å². The lowest BCUT2D eigenvalue weighted by Gasteiger charge is -2.27. The van der Waals surface area contributed by atoms with E-state index >= 15 is 0 Å². The van der Waals surface area contributed by atoms with Gasteiger partial charge in [0.1, 0.15) is 0 Å². The van der Waals surface area contributed by atoms with Gasteiger partial charge in [-0.15, -0.1) is 0 Å². The van der Waals surface area contributed by atoms with Gasteiger partial charge in [-0.25, -0.2) is 0 Å². The van der Waals surface area contributed by atoms with Crippen LogP contribution in [0.25, 0.3) is 10.9 Å². The third kappa shape index (κ3) is 2.71. The SMILES string of the molecule is Cn1nc(C(=O)N(CCBr)C2CCCC2)c2ccccc21. The lowest BCUT2D eigenvalue weighted by Crippen LogP contribution is -2.40. The van der Waals surface area contributed by atoms with Gasteiger partial charge in [-0.05, 0) is 18.9 Å². The molecule has 112 valence electrons. The molecule has 1 heterocycles. The highest BCUT2D eigenvalue weighted by Crippen LogP contribution is 2.26. The maximum atomic E-state index is 13.0. The van der Waals surface area contributed by atoms with Crippen molar-refractivity contribution >= 4 is 32.7 Å². The molecule has 1 aliphatic carbocycles. The highest BCUT2D eigenvalue weighted by atomic mass is 79.9. The Morgan fingerprint density at radius 1 is 1.38 bits per heavy atom. The molecule has 1 aromatic heterocycles. The van der Waals surface area contributed by atoms with Crippen molar-refractivity contribution in [2.45, 2.75) is 31.7 Å². The Kier molecular flexibility index (Phi) is 4.29. The number of hydrogen-bond acceptors (Lipinski definition) is 2. The van der Waals surface area contributed by atoms with E-state index in [1.165, 1.54) is 12.8 Å². The van der Waals surface area contributed by atoms with Crippen molar-refractivity contribution in [2.75, 3.05) is 11.9 Å². The monoisotopic (exact) mass is 349 g/mol. The number of benzene rings is 1. The van der Waals surface area contributed by atoms with Crippen molar-refractivity contribution in [3.8, 4) is 0 Å². The third-order valence-electron chi connectivity index (χ3n) is 4.31. The molecular weight excluding hydrogens is 330 g/mol. The zero-order chi connectivity index (χ0) is 14.8. The van der Waals surface area contributed by atoms with Crippen LogP contribution in [0.15, 0.2) is 24.3 Å². The molecule has 0 spiro atoms. The van der Waals surface area contributed by atoms with Crippen LogP contribution < -0.4 is 0 Å². The molecule has 2 aromatic rings. The predicted molar refractivity (Wildman–Crippen MR) is 87.8 cm³/mol. The summed E-state index contributed by atoms with van der Waals surface area (Å²) in [5, 5.41) is 6.23. The Hall–Kier alpha value is -1.36. The lowest BCUT2D eigenvalue weighted by molar-refractivity contribution is 0.0691. The van der Waals surface area contributed by atoms with Gasteiger partial charge in [-0.3, -0.25) is 9.48 Å². The number of fused-ring (bicyclic) bond motifs is 1. The van der Waals surface area contributed by atoms with Gasteiger partial charge in [0.25, 0.3) is 5.91 Å². The third-order valence-corrected chi connectivity index (χ3v) is 4.67. The summed E-state index contributed by atoms with van der Waals surface area (Å²) in [6.45, 7) is 0.744. The van der Waals surface area contributed by atoms with Crippen LogP contribution in [-0.2, 0) is 7.05 Å². The highest BCUT2D eigenvalue weighted by Gasteiger charge is 2.29. The quantitative estimate of drug-likeness (QED) is 0.793. The van der Waals surface area contributed by atoms with E-state index in [0.29, 0.717) is 11.7 Å². The number of nitrogens with zero attached hydrogens (tertiary/aromatic N) is 3. The molecule has 1 fully saturated rings. The van der Waals surface area contributed by atoms with E-state index in [-0.39, 0.29) is 5.91 Å². The second kappa shape index (κ2) is 6.18. The van der Waals surface area contributed by atoms with Crippen molar-refractivity contribution in [3.63, 3.8) is 0 Å².